The monoisotopic (exact) mass is 272 g/mol. The highest BCUT2D eigenvalue weighted by atomic mass is 35.5. The van der Waals surface area contributed by atoms with Crippen molar-refractivity contribution >= 4 is 23.2 Å². The third-order valence-electron chi connectivity index (χ3n) is 2.11. The summed E-state index contributed by atoms with van der Waals surface area (Å²) in [5.74, 6) is -0.309. The molecule has 0 saturated heterocycles. The number of aromatic nitrogens is 2. The van der Waals surface area contributed by atoms with Gasteiger partial charge in [0, 0.05) is 11.6 Å². The fourth-order valence-corrected chi connectivity index (χ4v) is 1.77. The predicted molar refractivity (Wildman–Crippen MR) is 64.0 cm³/mol. The van der Waals surface area contributed by atoms with Crippen LogP contribution in [-0.2, 0) is 0 Å². The topological polar surface area (TPSA) is 35.0 Å². The van der Waals surface area contributed by atoms with Gasteiger partial charge in [-0.25, -0.2) is 14.4 Å². The molecule has 0 fully saturated rings. The van der Waals surface area contributed by atoms with Crippen LogP contribution in [0.1, 0.15) is 0 Å². The van der Waals surface area contributed by atoms with Gasteiger partial charge in [-0.3, -0.25) is 0 Å². The Morgan fingerprint density at radius 2 is 1.94 bits per heavy atom. The summed E-state index contributed by atoms with van der Waals surface area (Å²) in [7, 11) is 1.39. The van der Waals surface area contributed by atoms with Gasteiger partial charge in [0.05, 0.1) is 12.8 Å². The second-order valence-corrected chi connectivity index (χ2v) is 3.92. The Labute approximate surface area is 107 Å². The Bertz CT molecular complexity index is 543. The van der Waals surface area contributed by atoms with Crippen LogP contribution < -0.4 is 4.74 Å². The average molecular weight is 273 g/mol. The molecule has 0 aliphatic carbocycles. The highest BCUT2D eigenvalue weighted by molar-refractivity contribution is 6.32. The van der Waals surface area contributed by atoms with Crippen molar-refractivity contribution in [2.24, 2.45) is 0 Å². The lowest BCUT2D eigenvalue weighted by atomic mass is 10.1. The van der Waals surface area contributed by atoms with Crippen LogP contribution in [0.3, 0.4) is 0 Å². The molecule has 0 spiro atoms. The van der Waals surface area contributed by atoms with Crippen molar-refractivity contribution in [1.82, 2.24) is 9.97 Å². The lowest BCUT2D eigenvalue weighted by Gasteiger charge is -2.05. The molecular formula is C11H7Cl2FN2O. The molecule has 0 N–H and O–H groups in total. The van der Waals surface area contributed by atoms with E-state index >= 15 is 0 Å². The van der Waals surface area contributed by atoms with Crippen molar-refractivity contribution in [3.8, 4) is 17.0 Å². The zero-order valence-electron chi connectivity index (χ0n) is 8.75. The molecule has 6 heteroatoms. The zero-order chi connectivity index (χ0) is 12.4. The maximum Gasteiger partial charge on any atom is 0.224 e. The van der Waals surface area contributed by atoms with E-state index in [0.717, 1.165) is 0 Å². The molecular weight excluding hydrogens is 266 g/mol. The van der Waals surface area contributed by atoms with E-state index in [9.17, 15) is 4.39 Å². The minimum absolute atomic E-state index is 0.0378. The number of hydrogen-bond donors (Lipinski definition) is 0. The van der Waals surface area contributed by atoms with Gasteiger partial charge in [0.25, 0.3) is 0 Å². The molecule has 3 nitrogen and oxygen atoms in total. The lowest BCUT2D eigenvalue weighted by Crippen LogP contribution is -1.91. The first-order valence-electron chi connectivity index (χ1n) is 4.64. The Kier molecular flexibility index (Phi) is 3.45. The summed E-state index contributed by atoms with van der Waals surface area (Å²) in [6, 6.07) is 5.91. The van der Waals surface area contributed by atoms with Crippen molar-refractivity contribution < 1.29 is 9.13 Å². The number of methoxy groups -OCH3 is 1. The Morgan fingerprint density at radius 1 is 1.18 bits per heavy atom. The molecule has 0 aliphatic rings. The Balaban J connectivity index is 2.52. The predicted octanol–water partition coefficient (Wildman–Crippen LogP) is 3.60. The molecule has 17 heavy (non-hydrogen) atoms. The number of nitrogens with zero attached hydrogens (tertiary/aromatic N) is 2. The maximum atomic E-state index is 13.2. The van der Waals surface area contributed by atoms with Crippen molar-refractivity contribution in [3.05, 3.63) is 40.5 Å². The fourth-order valence-electron chi connectivity index (χ4n) is 1.36. The van der Waals surface area contributed by atoms with Crippen LogP contribution in [0.15, 0.2) is 24.3 Å². The van der Waals surface area contributed by atoms with E-state index in [4.69, 9.17) is 27.9 Å². The molecule has 1 aromatic carbocycles. The van der Waals surface area contributed by atoms with E-state index < -0.39 is 5.82 Å². The van der Waals surface area contributed by atoms with Gasteiger partial charge in [-0.05, 0) is 29.8 Å². The van der Waals surface area contributed by atoms with Gasteiger partial charge in [0.2, 0.25) is 5.28 Å². The molecule has 1 aromatic heterocycles. The smallest absolute Gasteiger partial charge is 0.224 e. The molecule has 0 bridgehead atoms. The van der Waals surface area contributed by atoms with E-state index in [2.05, 4.69) is 9.97 Å². The van der Waals surface area contributed by atoms with Gasteiger partial charge >= 0.3 is 0 Å². The highest BCUT2D eigenvalue weighted by Crippen LogP contribution is 2.26. The minimum Gasteiger partial charge on any atom is -0.494 e. The summed E-state index contributed by atoms with van der Waals surface area (Å²) in [5, 5.41) is 0.263. The van der Waals surface area contributed by atoms with Crippen LogP contribution in [0.2, 0.25) is 10.4 Å². The SMILES string of the molecule is COc1cc(-c2cc(Cl)nc(Cl)n2)ccc1F. The summed E-state index contributed by atoms with van der Waals surface area (Å²) in [6.07, 6.45) is 0. The summed E-state index contributed by atoms with van der Waals surface area (Å²) >= 11 is 11.5. The van der Waals surface area contributed by atoms with Gasteiger partial charge in [0.1, 0.15) is 5.15 Å². The van der Waals surface area contributed by atoms with E-state index in [1.165, 1.54) is 19.2 Å². The molecule has 0 unspecified atom stereocenters. The van der Waals surface area contributed by atoms with Crippen molar-refractivity contribution in [3.63, 3.8) is 0 Å². The van der Waals surface area contributed by atoms with Gasteiger partial charge in [-0.15, -0.1) is 0 Å². The summed E-state index contributed by atoms with van der Waals surface area (Å²) < 4.78 is 18.1. The van der Waals surface area contributed by atoms with Crippen molar-refractivity contribution in [2.45, 2.75) is 0 Å². The highest BCUT2D eigenvalue weighted by Gasteiger charge is 2.08. The second-order valence-electron chi connectivity index (χ2n) is 3.19. The Hall–Kier alpha value is -1.39. The third kappa shape index (κ3) is 2.65. The molecule has 2 aromatic rings. The Morgan fingerprint density at radius 3 is 2.59 bits per heavy atom. The standard InChI is InChI=1S/C11H7Cl2FN2O/c1-17-9-4-6(2-3-7(9)14)8-5-10(12)16-11(13)15-8/h2-5H,1H3. The molecule has 88 valence electrons. The van der Waals surface area contributed by atoms with Gasteiger partial charge in [-0.1, -0.05) is 11.6 Å². The van der Waals surface area contributed by atoms with Crippen LogP contribution in [0.4, 0.5) is 4.39 Å². The number of rotatable bonds is 2. The van der Waals surface area contributed by atoms with Crippen molar-refractivity contribution in [1.29, 1.82) is 0 Å². The molecule has 0 radical (unpaired) electrons. The molecule has 0 atom stereocenters. The van der Waals surface area contributed by atoms with Gasteiger partial charge < -0.3 is 4.74 Å². The zero-order valence-corrected chi connectivity index (χ0v) is 10.3. The summed E-state index contributed by atoms with van der Waals surface area (Å²) in [4.78, 5) is 7.74. The van der Waals surface area contributed by atoms with Crippen LogP contribution in [0.25, 0.3) is 11.3 Å². The van der Waals surface area contributed by atoms with Crippen LogP contribution in [-0.4, -0.2) is 17.1 Å². The number of halogens is 3. The van der Waals surface area contributed by atoms with Crippen LogP contribution >= 0.6 is 23.2 Å². The molecule has 1 heterocycles. The molecule has 0 aliphatic heterocycles. The lowest BCUT2D eigenvalue weighted by molar-refractivity contribution is 0.387. The van der Waals surface area contributed by atoms with E-state index in [1.807, 2.05) is 0 Å². The minimum atomic E-state index is -0.442. The van der Waals surface area contributed by atoms with Crippen LogP contribution in [0.5, 0.6) is 5.75 Å². The first-order chi connectivity index (χ1) is 8.10. The number of benzene rings is 1. The van der Waals surface area contributed by atoms with Crippen molar-refractivity contribution in [2.75, 3.05) is 7.11 Å². The van der Waals surface area contributed by atoms with E-state index in [0.29, 0.717) is 11.3 Å². The molecule has 2 rings (SSSR count). The first-order valence-corrected chi connectivity index (χ1v) is 5.40. The quantitative estimate of drug-likeness (QED) is 0.619. The van der Waals surface area contributed by atoms with E-state index in [1.54, 1.807) is 12.1 Å². The maximum absolute atomic E-state index is 13.2. The second kappa shape index (κ2) is 4.85. The number of ether oxygens (including phenoxy) is 1. The van der Waals surface area contributed by atoms with Gasteiger partial charge in [-0.2, -0.15) is 0 Å². The number of hydrogen-bond acceptors (Lipinski definition) is 3. The normalized spacial score (nSPS) is 10.4. The van der Waals surface area contributed by atoms with Crippen LogP contribution in [0, 0.1) is 5.82 Å². The van der Waals surface area contributed by atoms with Gasteiger partial charge in [0.15, 0.2) is 11.6 Å². The molecule has 0 amide bonds. The summed E-state index contributed by atoms with van der Waals surface area (Å²) in [6.45, 7) is 0. The van der Waals surface area contributed by atoms with E-state index in [-0.39, 0.29) is 16.2 Å². The first kappa shape index (κ1) is 12.1. The average Bonchev–Trinajstić information content (AvgIpc) is 2.28. The third-order valence-corrected chi connectivity index (χ3v) is 2.48. The fraction of sp³-hybridized carbons (Fsp3) is 0.0909. The summed E-state index contributed by atoms with van der Waals surface area (Å²) in [5.41, 5.74) is 1.16. The largest absolute Gasteiger partial charge is 0.494 e. The molecule has 0 saturated carbocycles.